The van der Waals surface area contributed by atoms with Gasteiger partial charge in [0.15, 0.2) is 11.6 Å². The van der Waals surface area contributed by atoms with Crippen LogP contribution >= 0.6 is 0 Å². The lowest BCUT2D eigenvalue weighted by atomic mass is 9.92. The van der Waals surface area contributed by atoms with E-state index >= 15 is 0 Å². The Morgan fingerprint density at radius 2 is 2.00 bits per heavy atom. The van der Waals surface area contributed by atoms with E-state index in [-0.39, 0.29) is 30.7 Å². The molecule has 28 heavy (non-hydrogen) atoms. The molecule has 7 atom stereocenters. The Balaban J connectivity index is 1.53. The highest BCUT2D eigenvalue weighted by Crippen LogP contribution is 2.41. The first-order valence-electron chi connectivity index (χ1n) is 9.05. The molecule has 4 rings (SSSR count). The van der Waals surface area contributed by atoms with Crippen molar-refractivity contribution < 1.29 is 29.3 Å². The number of rotatable bonds is 3. The van der Waals surface area contributed by atoms with Gasteiger partial charge >= 0.3 is 0 Å². The van der Waals surface area contributed by atoms with Crippen molar-refractivity contribution in [3.05, 3.63) is 47.7 Å². The zero-order valence-electron chi connectivity index (χ0n) is 14.8. The fraction of sp³-hybridized carbons (Fsp3) is 0.500. The minimum atomic E-state index is -1.26. The zero-order valence-corrected chi connectivity index (χ0v) is 14.8. The summed E-state index contributed by atoms with van der Waals surface area (Å²) in [4.78, 5) is 5.97. The molecule has 1 aromatic carbocycles. The van der Waals surface area contributed by atoms with E-state index in [4.69, 9.17) is 0 Å². The Bertz CT molecular complexity index is 808. The molecule has 8 nitrogen and oxygen atoms in total. The van der Waals surface area contributed by atoms with Gasteiger partial charge in [0.2, 0.25) is 0 Å². The number of fused-ring (bicyclic) bond motifs is 1. The molecule has 1 saturated carbocycles. The highest BCUT2D eigenvalue weighted by atomic mass is 19.2. The Morgan fingerprint density at radius 1 is 1.21 bits per heavy atom. The number of amidine groups is 1. The fourth-order valence-corrected chi connectivity index (χ4v) is 4.40. The fourth-order valence-electron chi connectivity index (χ4n) is 4.40. The summed E-state index contributed by atoms with van der Waals surface area (Å²) in [5.41, 5.74) is 2.22. The summed E-state index contributed by atoms with van der Waals surface area (Å²) < 4.78 is 26.7. The quantitative estimate of drug-likeness (QED) is 0.392. The van der Waals surface area contributed by atoms with Gasteiger partial charge in [-0.15, -0.1) is 0 Å². The first kappa shape index (κ1) is 19.2. The maximum Gasteiger partial charge on any atom is 0.159 e. The van der Waals surface area contributed by atoms with Gasteiger partial charge in [-0.05, 0) is 30.3 Å². The Kier molecular flexibility index (Phi) is 5.06. The second-order valence-electron chi connectivity index (χ2n) is 7.34. The summed E-state index contributed by atoms with van der Waals surface area (Å²) in [6.45, 7) is 0.272. The van der Waals surface area contributed by atoms with Gasteiger partial charge in [-0.25, -0.2) is 8.78 Å². The SMILES string of the molecule is ONC1=NCNC2C1C=CN2[C@@H]1C[C@H]([C@H](O)c2ccc(F)c(F)c2)[C@@H](O)[C@H]1O. The highest BCUT2D eigenvalue weighted by Gasteiger charge is 2.50. The van der Waals surface area contributed by atoms with Crippen LogP contribution in [0.5, 0.6) is 0 Å². The maximum atomic E-state index is 13.5. The van der Waals surface area contributed by atoms with Gasteiger partial charge in [0, 0.05) is 5.92 Å². The van der Waals surface area contributed by atoms with E-state index in [0.29, 0.717) is 5.84 Å². The van der Waals surface area contributed by atoms with E-state index in [1.54, 1.807) is 6.20 Å². The van der Waals surface area contributed by atoms with Gasteiger partial charge < -0.3 is 20.2 Å². The van der Waals surface area contributed by atoms with Crippen LogP contribution in [0.3, 0.4) is 0 Å². The third-order valence-corrected chi connectivity index (χ3v) is 5.88. The standard InChI is InChI=1S/C18H22F2N4O4/c19-11-2-1-8(5-12(11)20)14(25)10-6-13(16(27)15(10)26)24-4-3-9-17(23-28)21-7-22-18(9)24/h1-5,9-10,13-16,18,22,25-28H,6-7H2,(H,21,23)/t9?,10-,13-,14-,15-,16+,18?/m1/s1. The second-order valence-corrected chi connectivity index (χ2v) is 7.34. The smallest absolute Gasteiger partial charge is 0.159 e. The topological polar surface area (TPSA) is 121 Å². The molecular weight excluding hydrogens is 374 g/mol. The van der Waals surface area contributed by atoms with Gasteiger partial charge in [0.05, 0.1) is 37.0 Å². The van der Waals surface area contributed by atoms with E-state index < -0.39 is 41.9 Å². The summed E-state index contributed by atoms with van der Waals surface area (Å²) in [5, 5.41) is 44.1. The zero-order chi connectivity index (χ0) is 20.0. The summed E-state index contributed by atoms with van der Waals surface area (Å²) in [5.74, 6) is -2.72. The van der Waals surface area contributed by atoms with Crippen molar-refractivity contribution in [3.8, 4) is 0 Å². The van der Waals surface area contributed by atoms with Crippen LogP contribution < -0.4 is 10.8 Å². The molecule has 0 saturated heterocycles. The van der Waals surface area contributed by atoms with Gasteiger partial charge in [0.25, 0.3) is 0 Å². The molecule has 1 aromatic rings. The predicted octanol–water partition coefficient (Wildman–Crippen LogP) is -0.182. The monoisotopic (exact) mass is 396 g/mol. The molecule has 0 radical (unpaired) electrons. The second kappa shape index (κ2) is 7.37. The molecule has 0 bridgehead atoms. The molecule has 0 amide bonds. The minimum absolute atomic E-state index is 0.139. The first-order chi connectivity index (χ1) is 13.4. The number of aliphatic hydroxyl groups is 3. The van der Waals surface area contributed by atoms with Crippen molar-refractivity contribution in [2.75, 3.05) is 6.67 Å². The van der Waals surface area contributed by atoms with Crippen LogP contribution in [-0.4, -0.2) is 62.3 Å². The van der Waals surface area contributed by atoms with Crippen molar-refractivity contribution in [2.45, 2.75) is 36.9 Å². The summed E-state index contributed by atoms with van der Waals surface area (Å²) in [7, 11) is 0. The average Bonchev–Trinajstić information content (AvgIpc) is 3.25. The number of aliphatic hydroxyl groups excluding tert-OH is 3. The molecule has 0 spiro atoms. The third-order valence-electron chi connectivity index (χ3n) is 5.88. The Labute approximate surface area is 159 Å². The molecule has 2 heterocycles. The molecule has 10 heteroatoms. The van der Waals surface area contributed by atoms with E-state index in [9.17, 15) is 29.3 Å². The number of hydrogen-bond acceptors (Lipinski definition) is 8. The van der Waals surface area contributed by atoms with Crippen LogP contribution in [-0.2, 0) is 0 Å². The normalized spacial score (nSPS) is 35.6. The number of aliphatic imine (C=N–C) groups is 1. The van der Waals surface area contributed by atoms with E-state index in [1.807, 2.05) is 11.0 Å². The molecule has 6 N–H and O–H groups in total. The van der Waals surface area contributed by atoms with Crippen LogP contribution in [0.15, 0.2) is 35.5 Å². The van der Waals surface area contributed by atoms with Crippen LogP contribution in [0, 0.1) is 23.5 Å². The molecule has 1 aliphatic carbocycles. The van der Waals surface area contributed by atoms with Gasteiger partial charge in [-0.1, -0.05) is 12.1 Å². The number of hydroxylamine groups is 1. The van der Waals surface area contributed by atoms with Gasteiger partial charge in [-0.3, -0.25) is 21.0 Å². The number of hydrogen-bond donors (Lipinski definition) is 6. The summed E-state index contributed by atoms with van der Waals surface area (Å²) in [6, 6.07) is 2.57. The van der Waals surface area contributed by atoms with Crippen molar-refractivity contribution in [1.82, 2.24) is 15.7 Å². The molecule has 1 fully saturated rings. The van der Waals surface area contributed by atoms with E-state index in [2.05, 4.69) is 15.8 Å². The molecule has 0 aromatic heterocycles. The minimum Gasteiger partial charge on any atom is -0.390 e. The molecule has 152 valence electrons. The average molecular weight is 396 g/mol. The summed E-state index contributed by atoms with van der Waals surface area (Å²) in [6.07, 6.45) is -0.130. The van der Waals surface area contributed by atoms with E-state index in [1.165, 1.54) is 6.07 Å². The van der Waals surface area contributed by atoms with Gasteiger partial charge in [0.1, 0.15) is 11.9 Å². The van der Waals surface area contributed by atoms with Crippen molar-refractivity contribution >= 4 is 5.84 Å². The Hall–Kier alpha value is -2.11. The van der Waals surface area contributed by atoms with E-state index in [0.717, 1.165) is 12.1 Å². The highest BCUT2D eigenvalue weighted by molar-refractivity contribution is 5.86. The Morgan fingerprint density at radius 3 is 2.71 bits per heavy atom. The number of nitrogens with one attached hydrogen (secondary N) is 2. The largest absolute Gasteiger partial charge is 0.390 e. The summed E-state index contributed by atoms with van der Waals surface area (Å²) >= 11 is 0. The van der Waals surface area contributed by atoms with Crippen molar-refractivity contribution in [2.24, 2.45) is 16.8 Å². The lowest BCUT2D eigenvalue weighted by molar-refractivity contribution is -0.0340. The number of nitrogens with zero attached hydrogens (tertiary/aromatic N) is 2. The third kappa shape index (κ3) is 3.07. The molecule has 2 aliphatic heterocycles. The molecular formula is C18H22F2N4O4. The predicted molar refractivity (Wildman–Crippen MR) is 93.8 cm³/mol. The number of benzene rings is 1. The first-order valence-corrected chi connectivity index (χ1v) is 9.05. The van der Waals surface area contributed by atoms with Crippen molar-refractivity contribution in [1.29, 1.82) is 0 Å². The van der Waals surface area contributed by atoms with Gasteiger partial charge in [-0.2, -0.15) is 0 Å². The number of halogens is 2. The van der Waals surface area contributed by atoms with Crippen LogP contribution in [0.2, 0.25) is 0 Å². The van der Waals surface area contributed by atoms with Crippen molar-refractivity contribution in [3.63, 3.8) is 0 Å². The molecule has 3 aliphatic rings. The lowest BCUT2D eigenvalue weighted by Gasteiger charge is -2.38. The van der Waals surface area contributed by atoms with Crippen LogP contribution in [0.25, 0.3) is 0 Å². The van der Waals surface area contributed by atoms with Crippen LogP contribution in [0.1, 0.15) is 18.1 Å². The van der Waals surface area contributed by atoms with Crippen LogP contribution in [0.4, 0.5) is 8.78 Å². The lowest BCUT2D eigenvalue weighted by Crippen LogP contribution is -2.56. The molecule has 2 unspecified atom stereocenters. The maximum absolute atomic E-state index is 13.5.